The Balaban J connectivity index is 5.49. The van der Waals surface area contributed by atoms with E-state index in [9.17, 15) is 19.2 Å². The quantitative estimate of drug-likeness (QED) is 0.209. The zero-order valence-corrected chi connectivity index (χ0v) is 19.8. The van der Waals surface area contributed by atoms with Gasteiger partial charge in [-0.1, -0.05) is 40.2 Å². The lowest BCUT2D eigenvalue weighted by Crippen LogP contribution is -2.59. The maximum Gasteiger partial charge on any atom is 0.274 e. The molecule has 174 valence electrons. The molecular weight excluding hydrogens is 398 g/mol. The Bertz CT molecular complexity index is 742. The first-order valence-electron chi connectivity index (χ1n) is 10.5. The number of rotatable bonds is 12. The van der Waals surface area contributed by atoms with E-state index < -0.39 is 35.7 Å². The monoisotopic (exact) mass is 435 g/mol. The second-order valence-electron chi connectivity index (χ2n) is 7.89. The molecule has 3 amide bonds. The third-order valence-corrected chi connectivity index (χ3v) is 4.93. The van der Waals surface area contributed by atoms with Crippen LogP contribution < -0.4 is 16.0 Å². The molecule has 0 saturated heterocycles. The van der Waals surface area contributed by atoms with Crippen molar-refractivity contribution in [3.8, 4) is 0 Å². The van der Waals surface area contributed by atoms with E-state index in [1.165, 1.54) is 26.1 Å². The van der Waals surface area contributed by atoms with Crippen LogP contribution in [0, 0.1) is 17.2 Å². The van der Waals surface area contributed by atoms with E-state index in [0.717, 1.165) is 0 Å². The van der Waals surface area contributed by atoms with Gasteiger partial charge in [0.2, 0.25) is 17.6 Å². The van der Waals surface area contributed by atoms with Gasteiger partial charge in [-0.25, -0.2) is 0 Å². The molecule has 4 unspecified atom stereocenters. The van der Waals surface area contributed by atoms with Gasteiger partial charge in [-0.2, -0.15) is 0 Å². The molecular formula is C22H37N5O4. The maximum absolute atomic E-state index is 12.9. The highest BCUT2D eigenvalue weighted by Crippen LogP contribution is 2.10. The molecule has 0 spiro atoms. The van der Waals surface area contributed by atoms with Crippen molar-refractivity contribution in [1.82, 2.24) is 16.0 Å². The van der Waals surface area contributed by atoms with E-state index in [4.69, 9.17) is 5.41 Å². The van der Waals surface area contributed by atoms with Crippen LogP contribution in [-0.2, 0) is 19.2 Å². The fourth-order valence-electron chi connectivity index (χ4n) is 2.79. The summed E-state index contributed by atoms with van der Waals surface area (Å²) in [6.45, 7) is 12.1. The normalized spacial score (nSPS) is 15.7. The summed E-state index contributed by atoms with van der Waals surface area (Å²) in [5.74, 6) is -2.28. The Morgan fingerprint density at radius 1 is 0.968 bits per heavy atom. The maximum atomic E-state index is 12.9. The van der Waals surface area contributed by atoms with E-state index >= 15 is 0 Å². The summed E-state index contributed by atoms with van der Waals surface area (Å²) < 4.78 is 0. The van der Waals surface area contributed by atoms with Crippen LogP contribution >= 0.6 is 0 Å². The number of carbonyl (C=O) groups excluding carboxylic acids is 4. The van der Waals surface area contributed by atoms with Crippen LogP contribution in [0.25, 0.3) is 0 Å². The number of amides is 3. The number of allylic oxidation sites excluding steroid dienone is 2. The Kier molecular flexibility index (Phi) is 12.2. The highest BCUT2D eigenvalue weighted by Gasteiger charge is 2.31. The molecule has 4 atom stereocenters. The van der Waals surface area contributed by atoms with Gasteiger partial charge in [0.05, 0.1) is 12.1 Å². The van der Waals surface area contributed by atoms with Gasteiger partial charge in [0.15, 0.2) is 5.71 Å². The summed E-state index contributed by atoms with van der Waals surface area (Å²) in [7, 11) is 1.34. The summed E-state index contributed by atoms with van der Waals surface area (Å²) in [5, 5.41) is 16.2. The van der Waals surface area contributed by atoms with Gasteiger partial charge in [-0.05, 0) is 32.8 Å². The summed E-state index contributed by atoms with van der Waals surface area (Å²) in [4.78, 5) is 53.4. The molecule has 0 aliphatic heterocycles. The number of ketones is 1. The number of carbonyl (C=O) groups is 4. The summed E-state index contributed by atoms with van der Waals surface area (Å²) in [5.41, 5.74) is -0.189. The summed E-state index contributed by atoms with van der Waals surface area (Å²) >= 11 is 0. The van der Waals surface area contributed by atoms with Crippen molar-refractivity contribution in [3.05, 3.63) is 12.2 Å². The van der Waals surface area contributed by atoms with Crippen molar-refractivity contribution in [2.75, 3.05) is 7.05 Å². The molecule has 0 saturated carbocycles. The molecule has 0 aliphatic rings. The Labute approximate surface area is 185 Å². The lowest BCUT2D eigenvalue weighted by Gasteiger charge is -2.29. The van der Waals surface area contributed by atoms with Gasteiger partial charge >= 0.3 is 0 Å². The first-order chi connectivity index (χ1) is 14.4. The second-order valence-corrected chi connectivity index (χ2v) is 7.89. The van der Waals surface area contributed by atoms with E-state index in [1.54, 1.807) is 27.7 Å². The van der Waals surface area contributed by atoms with Crippen molar-refractivity contribution in [3.63, 3.8) is 0 Å². The van der Waals surface area contributed by atoms with Gasteiger partial charge in [0.1, 0.15) is 6.04 Å². The van der Waals surface area contributed by atoms with Crippen molar-refractivity contribution in [2.24, 2.45) is 16.8 Å². The van der Waals surface area contributed by atoms with Crippen LogP contribution in [0.3, 0.4) is 0 Å². The number of hydrogen-bond acceptors (Lipinski definition) is 6. The summed E-state index contributed by atoms with van der Waals surface area (Å²) in [6, 6.07) is -2.26. The first-order valence-corrected chi connectivity index (χ1v) is 10.5. The summed E-state index contributed by atoms with van der Waals surface area (Å²) in [6.07, 6.45) is 3.41. The highest BCUT2D eigenvalue weighted by atomic mass is 16.2. The molecule has 0 heterocycles. The zero-order chi connectivity index (χ0) is 24.3. The zero-order valence-electron chi connectivity index (χ0n) is 19.8. The smallest absolute Gasteiger partial charge is 0.274 e. The van der Waals surface area contributed by atoms with Crippen molar-refractivity contribution < 1.29 is 19.2 Å². The molecule has 0 aromatic heterocycles. The van der Waals surface area contributed by atoms with E-state index in [2.05, 4.69) is 20.9 Å². The fourth-order valence-corrected chi connectivity index (χ4v) is 2.79. The number of aliphatic imine (C=N–C) groups is 1. The molecule has 9 heteroatoms. The molecule has 31 heavy (non-hydrogen) atoms. The number of nitrogens with zero attached hydrogens (tertiary/aromatic N) is 1. The predicted octanol–water partition coefficient (Wildman–Crippen LogP) is 1.42. The van der Waals surface area contributed by atoms with E-state index in [1.807, 2.05) is 13.8 Å². The third kappa shape index (κ3) is 8.82. The minimum absolute atomic E-state index is 0.0985. The molecule has 0 radical (unpaired) electrons. The lowest BCUT2D eigenvalue weighted by molar-refractivity contribution is -0.132. The predicted molar refractivity (Wildman–Crippen MR) is 122 cm³/mol. The molecule has 4 N–H and O–H groups in total. The van der Waals surface area contributed by atoms with Gasteiger partial charge < -0.3 is 21.4 Å². The Morgan fingerprint density at radius 3 is 1.97 bits per heavy atom. The minimum atomic E-state index is -0.856. The minimum Gasteiger partial charge on any atom is -0.349 e. The second kappa shape index (κ2) is 13.5. The standard InChI is InChI=1S/C22H37N5O4/c1-9-11-16(28)19(24-8)22(31)27-18(14(6)23)15(7)25-21(30)17(13(5)10-2)26-20(29)12(3)4/h9,11-13,15,17-18,23H,10H2,1-8H3,(H,25,30)(H,26,29)(H,27,31)/b11-9-,23-14?,24-19?. The molecule has 0 rings (SSSR count). The third-order valence-electron chi connectivity index (χ3n) is 4.93. The Hall–Kier alpha value is -2.84. The molecule has 0 aromatic carbocycles. The topological polar surface area (TPSA) is 141 Å². The van der Waals surface area contributed by atoms with Gasteiger partial charge in [-0.15, -0.1) is 0 Å². The van der Waals surface area contributed by atoms with Crippen LogP contribution in [0.15, 0.2) is 17.1 Å². The van der Waals surface area contributed by atoms with Gasteiger partial charge in [-0.3, -0.25) is 24.2 Å². The SMILES string of the molecule is C/C=C\C(=O)C(=NC)C(=O)NC(C(C)=N)C(C)NC(=O)C(NC(=O)C(C)C)C(C)CC. The van der Waals surface area contributed by atoms with Crippen LogP contribution in [-0.4, -0.2) is 60.1 Å². The van der Waals surface area contributed by atoms with Crippen LogP contribution in [0.1, 0.15) is 54.9 Å². The highest BCUT2D eigenvalue weighted by molar-refractivity contribution is 6.67. The van der Waals surface area contributed by atoms with E-state index in [0.29, 0.717) is 6.42 Å². The van der Waals surface area contributed by atoms with Crippen LogP contribution in [0.2, 0.25) is 0 Å². The van der Waals surface area contributed by atoms with Crippen LogP contribution in [0.5, 0.6) is 0 Å². The molecule has 0 fully saturated rings. The van der Waals surface area contributed by atoms with Crippen molar-refractivity contribution >= 4 is 34.9 Å². The van der Waals surface area contributed by atoms with Crippen molar-refractivity contribution in [2.45, 2.75) is 73.0 Å². The molecule has 9 nitrogen and oxygen atoms in total. The average Bonchev–Trinajstić information content (AvgIpc) is 2.69. The van der Waals surface area contributed by atoms with Crippen molar-refractivity contribution in [1.29, 1.82) is 5.41 Å². The average molecular weight is 436 g/mol. The van der Waals surface area contributed by atoms with Gasteiger partial charge in [0.25, 0.3) is 5.91 Å². The van der Waals surface area contributed by atoms with E-state index in [-0.39, 0.29) is 29.2 Å². The van der Waals surface area contributed by atoms with Gasteiger partial charge in [0, 0.05) is 18.7 Å². The van der Waals surface area contributed by atoms with Crippen LogP contribution in [0.4, 0.5) is 0 Å². The molecule has 0 aromatic rings. The first kappa shape index (κ1) is 28.2. The fraction of sp³-hybridized carbons (Fsp3) is 0.636. The number of hydrogen-bond donors (Lipinski definition) is 4. The largest absolute Gasteiger partial charge is 0.349 e. The molecule has 0 aliphatic carbocycles. The number of nitrogens with one attached hydrogen (secondary N) is 4. The molecule has 0 bridgehead atoms. The Morgan fingerprint density at radius 2 is 1.55 bits per heavy atom. The lowest BCUT2D eigenvalue weighted by atomic mass is 9.96.